The predicted molar refractivity (Wildman–Crippen MR) is 119 cm³/mol. The molecule has 0 saturated carbocycles. The second-order valence-corrected chi connectivity index (χ2v) is 7.78. The Labute approximate surface area is 179 Å². The topological polar surface area (TPSA) is 73.9 Å². The lowest BCUT2D eigenvalue weighted by atomic mass is 9.95. The lowest BCUT2D eigenvalue weighted by Gasteiger charge is -2.33. The molecular formula is C24H22FN5O. The van der Waals surface area contributed by atoms with Crippen LogP contribution in [0.25, 0.3) is 22.2 Å². The number of hydrogen-bond donors (Lipinski definition) is 2. The van der Waals surface area contributed by atoms with Crippen LogP contribution in [0.5, 0.6) is 0 Å². The Morgan fingerprint density at radius 3 is 2.65 bits per heavy atom. The van der Waals surface area contributed by atoms with Gasteiger partial charge in [0, 0.05) is 42.0 Å². The van der Waals surface area contributed by atoms with E-state index >= 15 is 0 Å². The molecule has 2 aromatic heterocycles. The van der Waals surface area contributed by atoms with Gasteiger partial charge >= 0.3 is 0 Å². The minimum absolute atomic E-state index is 0.0413. The number of piperidine rings is 1. The first-order valence-electron chi connectivity index (χ1n) is 10.4. The van der Waals surface area contributed by atoms with Gasteiger partial charge in [-0.2, -0.15) is 0 Å². The normalized spacial score (nSPS) is 14.7. The number of carbonyl (C=O) groups is 1. The molecule has 1 fully saturated rings. The van der Waals surface area contributed by atoms with Crippen molar-refractivity contribution in [3.63, 3.8) is 0 Å². The molecule has 5 rings (SSSR count). The summed E-state index contributed by atoms with van der Waals surface area (Å²) in [5, 5.41) is 3.84. The van der Waals surface area contributed by atoms with E-state index < -0.39 is 0 Å². The average Bonchev–Trinajstić information content (AvgIpc) is 3.34. The maximum absolute atomic E-state index is 13.8. The van der Waals surface area contributed by atoms with Crippen LogP contribution in [0.4, 0.5) is 15.8 Å². The van der Waals surface area contributed by atoms with Crippen LogP contribution in [-0.2, 0) is 4.79 Å². The van der Waals surface area contributed by atoms with Gasteiger partial charge in [0.2, 0.25) is 5.91 Å². The third kappa shape index (κ3) is 3.99. The lowest BCUT2D eigenvalue weighted by Crippen LogP contribution is -2.38. The Morgan fingerprint density at radius 1 is 1.10 bits per heavy atom. The number of hydrogen-bond acceptors (Lipinski definition) is 4. The van der Waals surface area contributed by atoms with E-state index in [2.05, 4.69) is 25.2 Å². The summed E-state index contributed by atoms with van der Waals surface area (Å²) in [6, 6.07) is 14.3. The average molecular weight is 415 g/mol. The Hall–Kier alpha value is -3.74. The largest absolute Gasteiger partial charge is 0.371 e. The van der Waals surface area contributed by atoms with Crippen molar-refractivity contribution in [2.45, 2.75) is 12.8 Å². The molecule has 1 aliphatic heterocycles. The minimum atomic E-state index is -0.269. The second kappa shape index (κ2) is 8.18. The van der Waals surface area contributed by atoms with Crippen molar-refractivity contribution in [3.8, 4) is 11.3 Å². The molecule has 7 heteroatoms. The predicted octanol–water partition coefficient (Wildman–Crippen LogP) is 4.62. The number of benzene rings is 2. The molecule has 0 unspecified atom stereocenters. The number of halogens is 1. The molecule has 2 N–H and O–H groups in total. The molecule has 0 aliphatic carbocycles. The van der Waals surface area contributed by atoms with Crippen LogP contribution < -0.4 is 10.2 Å². The van der Waals surface area contributed by atoms with Gasteiger partial charge in [-0.1, -0.05) is 12.1 Å². The Kier molecular flexibility index (Phi) is 5.08. The lowest BCUT2D eigenvalue weighted by molar-refractivity contribution is -0.120. The molecule has 1 aliphatic rings. The third-order valence-corrected chi connectivity index (χ3v) is 5.85. The molecule has 4 aromatic rings. The molecule has 0 atom stereocenters. The van der Waals surface area contributed by atoms with Crippen molar-refractivity contribution in [2.75, 3.05) is 23.3 Å². The number of nitrogens with zero attached hydrogens (tertiary/aromatic N) is 3. The van der Waals surface area contributed by atoms with Crippen LogP contribution in [-0.4, -0.2) is 33.9 Å². The molecule has 2 aromatic carbocycles. The van der Waals surface area contributed by atoms with E-state index in [1.165, 1.54) is 12.1 Å². The minimum Gasteiger partial charge on any atom is -0.371 e. The molecule has 0 radical (unpaired) electrons. The highest BCUT2D eigenvalue weighted by Crippen LogP contribution is 2.30. The molecule has 6 nitrogen and oxygen atoms in total. The molecule has 31 heavy (non-hydrogen) atoms. The summed E-state index contributed by atoms with van der Waals surface area (Å²) in [6.07, 6.45) is 6.65. The van der Waals surface area contributed by atoms with Crippen molar-refractivity contribution < 1.29 is 9.18 Å². The number of rotatable bonds is 4. The zero-order chi connectivity index (χ0) is 21.2. The van der Waals surface area contributed by atoms with E-state index in [1.54, 1.807) is 24.8 Å². The van der Waals surface area contributed by atoms with Gasteiger partial charge in [-0.25, -0.2) is 9.37 Å². The number of aromatic nitrogens is 3. The fourth-order valence-electron chi connectivity index (χ4n) is 4.15. The summed E-state index contributed by atoms with van der Waals surface area (Å²) in [7, 11) is 0. The maximum Gasteiger partial charge on any atom is 0.227 e. The zero-order valence-electron chi connectivity index (χ0n) is 16.9. The second-order valence-electron chi connectivity index (χ2n) is 7.78. The summed E-state index contributed by atoms with van der Waals surface area (Å²) in [6.45, 7) is 1.49. The van der Waals surface area contributed by atoms with Crippen molar-refractivity contribution in [3.05, 3.63) is 73.1 Å². The monoisotopic (exact) mass is 415 g/mol. The number of anilines is 2. The number of H-pyrrole nitrogens is 1. The standard InChI is InChI=1S/C24H22FN5O/c25-18-3-6-21-20(13-18)23(7-10-27-21)30-11-8-17(9-12-30)24(31)29-19-4-1-16(2-5-19)22-14-26-15-28-22/h1-7,10,13-15,17H,8-9,11-12H2,(H,26,28)(H,29,31). The van der Waals surface area contributed by atoms with E-state index in [9.17, 15) is 9.18 Å². The molecular weight excluding hydrogens is 393 g/mol. The fraction of sp³-hybridized carbons (Fsp3) is 0.208. The summed E-state index contributed by atoms with van der Waals surface area (Å²) in [4.78, 5) is 26.4. The van der Waals surface area contributed by atoms with Crippen LogP contribution in [0.2, 0.25) is 0 Å². The molecule has 0 spiro atoms. The maximum atomic E-state index is 13.8. The van der Waals surface area contributed by atoms with Gasteiger partial charge in [0.25, 0.3) is 0 Å². The van der Waals surface area contributed by atoms with E-state index in [-0.39, 0.29) is 17.6 Å². The Balaban J connectivity index is 1.23. The fourth-order valence-corrected chi connectivity index (χ4v) is 4.15. The number of imidazole rings is 1. The summed E-state index contributed by atoms with van der Waals surface area (Å²) in [5.41, 5.74) is 4.49. The first-order chi connectivity index (χ1) is 15.2. The number of amides is 1. The van der Waals surface area contributed by atoms with E-state index in [4.69, 9.17) is 0 Å². The number of carbonyl (C=O) groups excluding carboxylic acids is 1. The number of pyridine rings is 1. The zero-order valence-corrected chi connectivity index (χ0v) is 16.9. The molecule has 156 valence electrons. The highest BCUT2D eigenvalue weighted by Gasteiger charge is 2.26. The smallest absolute Gasteiger partial charge is 0.227 e. The highest BCUT2D eigenvalue weighted by atomic mass is 19.1. The number of nitrogens with one attached hydrogen (secondary N) is 2. The van der Waals surface area contributed by atoms with Crippen LogP contribution in [0.1, 0.15) is 12.8 Å². The van der Waals surface area contributed by atoms with E-state index in [0.717, 1.165) is 59.5 Å². The van der Waals surface area contributed by atoms with Crippen molar-refractivity contribution in [1.29, 1.82) is 0 Å². The Bertz CT molecular complexity index is 1200. The number of fused-ring (bicyclic) bond motifs is 1. The summed E-state index contributed by atoms with van der Waals surface area (Å²) in [5.74, 6) is -0.275. The quantitative estimate of drug-likeness (QED) is 0.510. The molecule has 1 saturated heterocycles. The SMILES string of the molecule is O=C(Nc1ccc(-c2cnc[nH]2)cc1)C1CCN(c2ccnc3ccc(F)cc23)CC1. The third-order valence-electron chi connectivity index (χ3n) is 5.85. The van der Waals surface area contributed by atoms with Crippen LogP contribution in [0.3, 0.4) is 0 Å². The highest BCUT2D eigenvalue weighted by molar-refractivity contribution is 5.94. The van der Waals surface area contributed by atoms with E-state index in [1.807, 2.05) is 30.3 Å². The van der Waals surface area contributed by atoms with Crippen molar-refractivity contribution in [2.24, 2.45) is 5.92 Å². The summed E-state index contributed by atoms with van der Waals surface area (Å²) >= 11 is 0. The van der Waals surface area contributed by atoms with Crippen LogP contribution in [0.15, 0.2) is 67.3 Å². The first-order valence-corrected chi connectivity index (χ1v) is 10.4. The van der Waals surface area contributed by atoms with Crippen molar-refractivity contribution in [1.82, 2.24) is 15.0 Å². The molecule has 1 amide bonds. The van der Waals surface area contributed by atoms with Gasteiger partial charge in [-0.05, 0) is 54.8 Å². The van der Waals surface area contributed by atoms with Crippen LogP contribution >= 0.6 is 0 Å². The van der Waals surface area contributed by atoms with Gasteiger partial charge in [-0.3, -0.25) is 9.78 Å². The van der Waals surface area contributed by atoms with Crippen LogP contribution in [0, 0.1) is 11.7 Å². The molecule has 0 bridgehead atoms. The van der Waals surface area contributed by atoms with Gasteiger partial charge < -0.3 is 15.2 Å². The van der Waals surface area contributed by atoms with E-state index in [0.29, 0.717) is 0 Å². The van der Waals surface area contributed by atoms with Gasteiger partial charge in [0.1, 0.15) is 5.82 Å². The van der Waals surface area contributed by atoms with Crippen molar-refractivity contribution >= 4 is 28.2 Å². The molecule has 3 heterocycles. The van der Waals surface area contributed by atoms with Gasteiger partial charge in [0.05, 0.1) is 23.7 Å². The summed E-state index contributed by atoms with van der Waals surface area (Å²) < 4.78 is 13.8. The Morgan fingerprint density at radius 2 is 1.90 bits per heavy atom. The first kappa shape index (κ1) is 19.2. The van der Waals surface area contributed by atoms with Gasteiger partial charge in [-0.15, -0.1) is 0 Å². The van der Waals surface area contributed by atoms with Gasteiger partial charge in [0.15, 0.2) is 0 Å². The number of aromatic amines is 1.